The summed E-state index contributed by atoms with van der Waals surface area (Å²) in [5.74, 6) is 0. The highest BCUT2D eigenvalue weighted by Gasteiger charge is 2.17. The lowest BCUT2D eigenvalue weighted by atomic mass is 10.4. The molecule has 0 amide bonds. The Labute approximate surface area is 80.9 Å². The fraction of sp³-hybridized carbons (Fsp3) is 0.250. The molecule has 0 N–H and O–H groups in total. The van der Waals surface area contributed by atoms with E-state index >= 15 is 0 Å². The van der Waals surface area contributed by atoms with Crippen LogP contribution in [0.4, 0.5) is 0 Å². The number of benzene rings is 1. The molecule has 0 unspecified atom stereocenters. The maximum Gasteiger partial charge on any atom is 0.171 e. The molecule has 1 aromatic rings. The van der Waals surface area contributed by atoms with Crippen LogP contribution in [0.3, 0.4) is 0 Å². The summed E-state index contributed by atoms with van der Waals surface area (Å²) in [5.41, 5.74) is 0. The van der Waals surface area contributed by atoms with Gasteiger partial charge in [0.25, 0.3) is 0 Å². The van der Waals surface area contributed by atoms with Gasteiger partial charge in [0.1, 0.15) is 27.5 Å². The lowest BCUT2D eigenvalue weighted by molar-refractivity contribution is 0.461. The summed E-state index contributed by atoms with van der Waals surface area (Å²) >= 11 is 0. The SMILES string of the molecule is C[S+](C)c1ccccc1S(=O)(=O)[O-]. The van der Waals surface area contributed by atoms with E-state index in [1.807, 2.05) is 12.5 Å². The summed E-state index contributed by atoms with van der Waals surface area (Å²) in [7, 11) is -4.54. The van der Waals surface area contributed by atoms with Crippen LogP contribution in [0.2, 0.25) is 0 Å². The van der Waals surface area contributed by atoms with E-state index in [1.54, 1.807) is 18.2 Å². The Morgan fingerprint density at radius 1 is 1.23 bits per heavy atom. The quantitative estimate of drug-likeness (QED) is 0.545. The molecule has 0 radical (unpaired) electrons. The van der Waals surface area contributed by atoms with Crippen molar-refractivity contribution in [1.82, 2.24) is 0 Å². The van der Waals surface area contributed by atoms with Crippen molar-refractivity contribution in [2.45, 2.75) is 9.79 Å². The van der Waals surface area contributed by atoms with Gasteiger partial charge < -0.3 is 4.55 Å². The minimum Gasteiger partial charge on any atom is -0.744 e. The summed E-state index contributed by atoms with van der Waals surface area (Å²) in [6.45, 7) is 0. The fourth-order valence-corrected chi connectivity index (χ4v) is 3.18. The van der Waals surface area contributed by atoms with E-state index in [0.29, 0.717) is 4.90 Å². The van der Waals surface area contributed by atoms with Gasteiger partial charge in [-0.3, -0.25) is 0 Å². The Bertz CT molecular complexity index is 396. The Kier molecular flexibility index (Phi) is 3.00. The van der Waals surface area contributed by atoms with Crippen molar-refractivity contribution in [3.05, 3.63) is 24.3 Å². The average molecular weight is 218 g/mol. The Morgan fingerprint density at radius 3 is 2.15 bits per heavy atom. The number of rotatable bonds is 2. The van der Waals surface area contributed by atoms with E-state index in [-0.39, 0.29) is 15.8 Å². The largest absolute Gasteiger partial charge is 0.744 e. The molecule has 0 fully saturated rings. The minimum atomic E-state index is -4.32. The van der Waals surface area contributed by atoms with Crippen molar-refractivity contribution in [2.75, 3.05) is 12.5 Å². The number of hydrogen-bond acceptors (Lipinski definition) is 3. The van der Waals surface area contributed by atoms with Crippen LogP contribution < -0.4 is 0 Å². The first kappa shape index (κ1) is 10.6. The van der Waals surface area contributed by atoms with Gasteiger partial charge in [0.15, 0.2) is 4.90 Å². The molecule has 1 rings (SSSR count). The molecule has 13 heavy (non-hydrogen) atoms. The van der Waals surface area contributed by atoms with E-state index in [0.717, 1.165) is 0 Å². The van der Waals surface area contributed by atoms with Crippen LogP contribution in [0.1, 0.15) is 0 Å². The second-order valence-corrected chi connectivity index (χ2v) is 6.14. The van der Waals surface area contributed by atoms with Crippen LogP contribution in [-0.4, -0.2) is 25.5 Å². The maximum absolute atomic E-state index is 10.8. The standard InChI is InChI=1S/C8H10O3S2/c1-12(2)7-5-3-4-6-8(7)13(9,10)11/h3-6H,1-2H3. The van der Waals surface area contributed by atoms with E-state index in [2.05, 4.69) is 0 Å². The van der Waals surface area contributed by atoms with Gasteiger partial charge >= 0.3 is 0 Å². The van der Waals surface area contributed by atoms with Crippen LogP contribution in [0.5, 0.6) is 0 Å². The zero-order chi connectivity index (χ0) is 10.1. The highest BCUT2D eigenvalue weighted by atomic mass is 32.2. The van der Waals surface area contributed by atoms with E-state index < -0.39 is 10.1 Å². The van der Waals surface area contributed by atoms with Crippen LogP contribution >= 0.6 is 0 Å². The van der Waals surface area contributed by atoms with Gasteiger partial charge in [-0.15, -0.1) is 0 Å². The highest BCUT2D eigenvalue weighted by Crippen LogP contribution is 2.19. The first-order chi connectivity index (χ1) is 5.93. The first-order valence-electron chi connectivity index (χ1n) is 3.55. The maximum atomic E-state index is 10.8. The van der Waals surface area contributed by atoms with Crippen molar-refractivity contribution < 1.29 is 13.0 Å². The van der Waals surface area contributed by atoms with Crippen molar-refractivity contribution in [3.63, 3.8) is 0 Å². The van der Waals surface area contributed by atoms with Gasteiger partial charge in [0, 0.05) is 10.9 Å². The molecule has 0 bridgehead atoms. The lowest BCUT2D eigenvalue weighted by Crippen LogP contribution is -2.06. The molecule has 0 saturated heterocycles. The summed E-state index contributed by atoms with van der Waals surface area (Å²) in [6, 6.07) is 6.32. The molecule has 0 aliphatic carbocycles. The molecule has 0 atom stereocenters. The predicted octanol–water partition coefficient (Wildman–Crippen LogP) is 0.828. The third-order valence-electron chi connectivity index (χ3n) is 1.56. The van der Waals surface area contributed by atoms with Crippen molar-refractivity contribution >= 4 is 21.0 Å². The molecule has 3 nitrogen and oxygen atoms in total. The minimum absolute atomic E-state index is 0.0941. The molecule has 0 heterocycles. The lowest BCUT2D eigenvalue weighted by Gasteiger charge is -2.09. The topological polar surface area (TPSA) is 57.2 Å². The van der Waals surface area contributed by atoms with Gasteiger partial charge in [-0.1, -0.05) is 12.1 Å². The Balaban J connectivity index is 3.37. The van der Waals surface area contributed by atoms with Crippen LogP contribution in [0.15, 0.2) is 34.1 Å². The van der Waals surface area contributed by atoms with E-state index in [9.17, 15) is 13.0 Å². The summed E-state index contributed by atoms with van der Waals surface area (Å²) < 4.78 is 32.4. The van der Waals surface area contributed by atoms with Gasteiger partial charge in [0.2, 0.25) is 0 Å². The second kappa shape index (κ2) is 3.69. The van der Waals surface area contributed by atoms with Gasteiger partial charge in [0.05, 0.1) is 0 Å². The molecule has 0 spiro atoms. The molecule has 72 valence electrons. The van der Waals surface area contributed by atoms with Gasteiger partial charge in [-0.2, -0.15) is 0 Å². The number of hydrogen-bond donors (Lipinski definition) is 0. The molecular weight excluding hydrogens is 208 g/mol. The molecule has 0 aromatic heterocycles. The predicted molar refractivity (Wildman–Crippen MR) is 51.9 cm³/mol. The zero-order valence-electron chi connectivity index (χ0n) is 7.35. The summed E-state index contributed by atoms with van der Waals surface area (Å²) in [6.07, 6.45) is 3.76. The Morgan fingerprint density at radius 2 is 1.77 bits per heavy atom. The first-order valence-corrected chi connectivity index (χ1v) is 7.00. The van der Waals surface area contributed by atoms with Gasteiger partial charge in [-0.25, -0.2) is 8.42 Å². The molecular formula is C8H10O3S2. The summed E-state index contributed by atoms with van der Waals surface area (Å²) in [4.78, 5) is 0.515. The average Bonchev–Trinajstić information content (AvgIpc) is 2.03. The molecule has 1 aromatic carbocycles. The third-order valence-corrected chi connectivity index (χ3v) is 3.82. The van der Waals surface area contributed by atoms with E-state index in [4.69, 9.17) is 0 Å². The van der Waals surface area contributed by atoms with Crippen LogP contribution in [0.25, 0.3) is 0 Å². The molecule has 0 saturated carbocycles. The zero-order valence-corrected chi connectivity index (χ0v) is 8.98. The normalized spacial score (nSPS) is 12.0. The van der Waals surface area contributed by atoms with Crippen LogP contribution in [-0.2, 0) is 21.0 Å². The van der Waals surface area contributed by atoms with E-state index in [1.165, 1.54) is 6.07 Å². The van der Waals surface area contributed by atoms with Crippen molar-refractivity contribution in [2.24, 2.45) is 0 Å². The van der Waals surface area contributed by atoms with Crippen molar-refractivity contribution in [1.29, 1.82) is 0 Å². The smallest absolute Gasteiger partial charge is 0.171 e. The Hall–Kier alpha value is -0.520. The van der Waals surface area contributed by atoms with Crippen LogP contribution in [0, 0.1) is 0 Å². The van der Waals surface area contributed by atoms with Crippen molar-refractivity contribution in [3.8, 4) is 0 Å². The summed E-state index contributed by atoms with van der Waals surface area (Å²) in [5, 5.41) is 0. The highest BCUT2D eigenvalue weighted by molar-refractivity contribution is 7.96. The molecule has 5 heteroatoms. The monoisotopic (exact) mass is 218 g/mol. The molecule has 0 aliphatic heterocycles. The van der Waals surface area contributed by atoms with Gasteiger partial charge in [-0.05, 0) is 12.1 Å². The third kappa shape index (κ3) is 2.46. The second-order valence-electron chi connectivity index (χ2n) is 2.72. The fourth-order valence-electron chi connectivity index (χ4n) is 0.994. The molecule has 0 aliphatic rings.